The zero-order valence-electron chi connectivity index (χ0n) is 10.7. The molecule has 0 radical (unpaired) electrons. The summed E-state index contributed by atoms with van der Waals surface area (Å²) in [5, 5.41) is 9.97. The first-order valence-electron chi connectivity index (χ1n) is 5.75. The molecule has 2 heteroatoms. The highest BCUT2D eigenvalue weighted by molar-refractivity contribution is 5.33. The lowest BCUT2D eigenvalue weighted by molar-refractivity contribution is 0.0559. The third kappa shape index (κ3) is 3.53. The van der Waals surface area contributed by atoms with Gasteiger partial charge in [-0.25, -0.2) is 0 Å². The molecule has 1 unspecified atom stereocenters. The van der Waals surface area contributed by atoms with Crippen LogP contribution in [0, 0.1) is 5.41 Å². The van der Waals surface area contributed by atoms with Gasteiger partial charge in [-0.1, -0.05) is 39.0 Å². The molecule has 0 saturated heterocycles. The maximum Gasteiger partial charge on any atom is 0.122 e. The second kappa shape index (κ2) is 5.35. The van der Waals surface area contributed by atoms with Crippen LogP contribution >= 0.6 is 0 Å². The molecule has 1 N–H and O–H groups in total. The smallest absolute Gasteiger partial charge is 0.122 e. The van der Waals surface area contributed by atoms with Crippen LogP contribution in [0.1, 0.15) is 32.8 Å². The minimum atomic E-state index is -0.280. The number of hydrogen-bond donors (Lipinski definition) is 1. The Labute approximate surface area is 98.3 Å². The van der Waals surface area contributed by atoms with Crippen LogP contribution in [-0.2, 0) is 6.42 Å². The molecule has 0 spiro atoms. The van der Waals surface area contributed by atoms with Gasteiger partial charge in [0.2, 0.25) is 0 Å². The number of methoxy groups -OCH3 is 1. The molecular weight excluding hydrogens is 200 g/mol. The zero-order chi connectivity index (χ0) is 12.2. The monoisotopic (exact) mass is 222 g/mol. The van der Waals surface area contributed by atoms with Crippen molar-refractivity contribution in [1.82, 2.24) is 0 Å². The Hall–Kier alpha value is -1.02. The summed E-state index contributed by atoms with van der Waals surface area (Å²) in [5.41, 5.74) is 1.11. The van der Waals surface area contributed by atoms with E-state index in [2.05, 4.69) is 20.8 Å². The minimum absolute atomic E-state index is 0.0536. The van der Waals surface area contributed by atoms with Gasteiger partial charge < -0.3 is 9.84 Å². The molecule has 1 aromatic carbocycles. The molecule has 90 valence electrons. The maximum absolute atomic E-state index is 9.97. The summed E-state index contributed by atoms with van der Waals surface area (Å²) in [4.78, 5) is 0. The first-order chi connectivity index (χ1) is 7.45. The molecule has 0 aliphatic rings. The molecule has 0 bridgehead atoms. The molecule has 0 aliphatic carbocycles. The van der Waals surface area contributed by atoms with Gasteiger partial charge in [0.15, 0.2) is 0 Å². The van der Waals surface area contributed by atoms with Crippen molar-refractivity contribution in [1.29, 1.82) is 0 Å². The van der Waals surface area contributed by atoms with Crippen LogP contribution < -0.4 is 4.74 Å². The van der Waals surface area contributed by atoms with Gasteiger partial charge in [0.05, 0.1) is 13.2 Å². The number of aliphatic hydroxyl groups excluding tert-OH is 1. The number of para-hydroxylation sites is 1. The van der Waals surface area contributed by atoms with Crippen LogP contribution in [0.25, 0.3) is 0 Å². The van der Waals surface area contributed by atoms with Crippen molar-refractivity contribution in [3.63, 3.8) is 0 Å². The number of hydrogen-bond acceptors (Lipinski definition) is 2. The normalized spacial score (nSPS) is 13.6. The van der Waals surface area contributed by atoms with Crippen molar-refractivity contribution < 1.29 is 9.84 Å². The molecule has 16 heavy (non-hydrogen) atoms. The third-order valence-corrected chi connectivity index (χ3v) is 2.88. The van der Waals surface area contributed by atoms with Gasteiger partial charge in [-0.05, 0) is 29.9 Å². The van der Waals surface area contributed by atoms with Gasteiger partial charge in [-0.3, -0.25) is 0 Å². The summed E-state index contributed by atoms with van der Waals surface area (Å²) >= 11 is 0. The molecule has 0 aromatic heterocycles. The van der Waals surface area contributed by atoms with Crippen LogP contribution in [0.15, 0.2) is 24.3 Å². The molecule has 0 fully saturated rings. The van der Waals surface area contributed by atoms with Crippen LogP contribution in [-0.4, -0.2) is 18.3 Å². The topological polar surface area (TPSA) is 29.5 Å². The van der Waals surface area contributed by atoms with E-state index in [1.54, 1.807) is 7.11 Å². The lowest BCUT2D eigenvalue weighted by Gasteiger charge is -2.25. The highest BCUT2D eigenvalue weighted by Gasteiger charge is 2.21. The van der Waals surface area contributed by atoms with Gasteiger partial charge in [0.25, 0.3) is 0 Å². The predicted molar refractivity (Wildman–Crippen MR) is 66.8 cm³/mol. The van der Waals surface area contributed by atoms with Crippen LogP contribution in [0.2, 0.25) is 0 Å². The number of benzene rings is 1. The minimum Gasteiger partial charge on any atom is -0.496 e. The van der Waals surface area contributed by atoms with Crippen LogP contribution in [0.5, 0.6) is 5.75 Å². The second-order valence-electron chi connectivity index (χ2n) is 5.23. The van der Waals surface area contributed by atoms with Crippen molar-refractivity contribution in [2.45, 2.75) is 39.7 Å². The summed E-state index contributed by atoms with van der Waals surface area (Å²) in [6, 6.07) is 7.97. The standard InChI is InChI=1S/C14H22O2/c1-14(2,3)13(15)10-9-11-7-5-6-8-12(11)16-4/h5-8,13,15H,9-10H2,1-4H3. The molecule has 0 saturated carbocycles. The van der Waals surface area contributed by atoms with Crippen molar-refractivity contribution in [3.8, 4) is 5.75 Å². The zero-order valence-corrected chi connectivity index (χ0v) is 10.7. The van der Waals surface area contributed by atoms with Crippen molar-refractivity contribution in [2.75, 3.05) is 7.11 Å². The molecule has 0 aliphatic heterocycles. The van der Waals surface area contributed by atoms with E-state index in [1.165, 1.54) is 0 Å². The molecule has 0 heterocycles. The Morgan fingerprint density at radius 1 is 1.25 bits per heavy atom. The maximum atomic E-state index is 9.97. The van der Waals surface area contributed by atoms with Gasteiger partial charge >= 0.3 is 0 Å². The first kappa shape index (κ1) is 13.0. The lowest BCUT2D eigenvalue weighted by Crippen LogP contribution is -2.26. The lowest BCUT2D eigenvalue weighted by atomic mass is 9.86. The first-order valence-corrected chi connectivity index (χ1v) is 5.75. The Morgan fingerprint density at radius 3 is 2.44 bits per heavy atom. The SMILES string of the molecule is COc1ccccc1CCC(O)C(C)(C)C. The largest absolute Gasteiger partial charge is 0.496 e. The van der Waals surface area contributed by atoms with Gasteiger partial charge in [0.1, 0.15) is 5.75 Å². The fourth-order valence-electron chi connectivity index (χ4n) is 1.63. The Morgan fingerprint density at radius 2 is 1.88 bits per heavy atom. The van der Waals surface area contributed by atoms with Crippen molar-refractivity contribution >= 4 is 0 Å². The van der Waals surface area contributed by atoms with E-state index in [0.717, 1.165) is 24.2 Å². The van der Waals surface area contributed by atoms with E-state index in [4.69, 9.17) is 4.74 Å². The number of aliphatic hydroxyl groups is 1. The summed E-state index contributed by atoms with van der Waals surface area (Å²) in [5.74, 6) is 0.906. The summed E-state index contributed by atoms with van der Waals surface area (Å²) < 4.78 is 5.28. The van der Waals surface area contributed by atoms with E-state index in [9.17, 15) is 5.11 Å². The Kier molecular flexibility index (Phi) is 4.36. The fraction of sp³-hybridized carbons (Fsp3) is 0.571. The fourth-order valence-corrected chi connectivity index (χ4v) is 1.63. The van der Waals surface area contributed by atoms with Gasteiger partial charge in [-0.2, -0.15) is 0 Å². The third-order valence-electron chi connectivity index (χ3n) is 2.88. The highest BCUT2D eigenvalue weighted by atomic mass is 16.5. The average molecular weight is 222 g/mol. The average Bonchev–Trinajstić information content (AvgIpc) is 2.24. The molecular formula is C14H22O2. The Balaban J connectivity index is 2.61. The Bertz CT molecular complexity index is 326. The number of aryl methyl sites for hydroxylation is 1. The van der Waals surface area contributed by atoms with E-state index in [0.29, 0.717) is 0 Å². The van der Waals surface area contributed by atoms with E-state index < -0.39 is 0 Å². The molecule has 1 aromatic rings. The molecule has 1 atom stereocenters. The second-order valence-corrected chi connectivity index (χ2v) is 5.23. The van der Waals surface area contributed by atoms with E-state index in [-0.39, 0.29) is 11.5 Å². The summed E-state index contributed by atoms with van der Waals surface area (Å²) in [6.45, 7) is 6.17. The van der Waals surface area contributed by atoms with Gasteiger partial charge in [-0.15, -0.1) is 0 Å². The molecule has 0 amide bonds. The molecule has 2 nitrogen and oxygen atoms in total. The van der Waals surface area contributed by atoms with Crippen molar-refractivity contribution in [2.24, 2.45) is 5.41 Å². The van der Waals surface area contributed by atoms with Crippen LogP contribution in [0.4, 0.5) is 0 Å². The summed E-state index contributed by atoms with van der Waals surface area (Å²) in [6.07, 6.45) is 1.34. The highest BCUT2D eigenvalue weighted by Crippen LogP contribution is 2.25. The quantitative estimate of drug-likeness (QED) is 0.848. The molecule has 1 rings (SSSR count). The van der Waals surface area contributed by atoms with Gasteiger partial charge in [0, 0.05) is 0 Å². The summed E-state index contributed by atoms with van der Waals surface area (Å²) in [7, 11) is 1.68. The van der Waals surface area contributed by atoms with E-state index >= 15 is 0 Å². The number of ether oxygens (including phenoxy) is 1. The van der Waals surface area contributed by atoms with Crippen molar-refractivity contribution in [3.05, 3.63) is 29.8 Å². The predicted octanol–water partition coefficient (Wildman–Crippen LogP) is 3.03. The van der Waals surface area contributed by atoms with E-state index in [1.807, 2.05) is 24.3 Å². The number of rotatable bonds is 4. The van der Waals surface area contributed by atoms with Crippen LogP contribution in [0.3, 0.4) is 0 Å².